The lowest BCUT2D eigenvalue weighted by Gasteiger charge is -2.37. The molecule has 2 aromatic rings. The molecule has 1 aliphatic heterocycles. The van der Waals surface area contributed by atoms with E-state index in [1.54, 1.807) is 7.11 Å². The molecule has 0 saturated carbocycles. The monoisotopic (exact) mass is 527 g/mol. The van der Waals surface area contributed by atoms with E-state index < -0.39 is 0 Å². The number of hydrogen-bond acceptors (Lipinski definition) is 5. The van der Waals surface area contributed by atoms with Crippen LogP contribution in [0.5, 0.6) is 5.75 Å². The number of anilines is 1. The number of rotatable bonds is 7. The van der Waals surface area contributed by atoms with Crippen molar-refractivity contribution in [3.05, 3.63) is 41.8 Å². The molecule has 1 saturated heterocycles. The number of piperazine rings is 1. The number of aromatic nitrogens is 1. The lowest BCUT2D eigenvalue weighted by Crippen LogP contribution is -2.52. The Hall–Kier alpha value is -1.97. The SMILES string of the molecule is CCC(CC)c1cc(CNC(=NC)N2CCN(c3ccc(OC)cc3)CC2)on1.I. The largest absolute Gasteiger partial charge is 0.497 e. The lowest BCUT2D eigenvalue weighted by molar-refractivity contribution is 0.353. The first-order valence-corrected chi connectivity index (χ1v) is 10.5. The highest BCUT2D eigenvalue weighted by molar-refractivity contribution is 14.0. The molecule has 1 aliphatic rings. The Bertz CT molecular complexity index is 781. The molecule has 0 radical (unpaired) electrons. The van der Waals surface area contributed by atoms with Gasteiger partial charge in [0.05, 0.1) is 19.3 Å². The van der Waals surface area contributed by atoms with Gasteiger partial charge in [0.25, 0.3) is 0 Å². The average molecular weight is 527 g/mol. The summed E-state index contributed by atoms with van der Waals surface area (Å²) in [6.45, 7) is 8.71. The van der Waals surface area contributed by atoms with Gasteiger partial charge in [0.2, 0.25) is 0 Å². The van der Waals surface area contributed by atoms with Crippen molar-refractivity contribution in [1.82, 2.24) is 15.4 Å². The topological polar surface area (TPSA) is 66.1 Å². The maximum atomic E-state index is 5.52. The third-order valence-electron chi connectivity index (χ3n) is 5.63. The number of hydrogen-bond donors (Lipinski definition) is 1. The van der Waals surface area contributed by atoms with Crippen molar-refractivity contribution in [2.24, 2.45) is 4.99 Å². The molecule has 0 amide bonds. The number of benzene rings is 1. The van der Waals surface area contributed by atoms with Gasteiger partial charge in [-0.15, -0.1) is 24.0 Å². The van der Waals surface area contributed by atoms with Crippen LogP contribution in [-0.4, -0.2) is 56.4 Å². The molecule has 0 unspecified atom stereocenters. The summed E-state index contributed by atoms with van der Waals surface area (Å²) in [6.07, 6.45) is 2.16. The molecular formula is C22H34IN5O2. The van der Waals surface area contributed by atoms with Crippen molar-refractivity contribution in [3.8, 4) is 5.75 Å². The molecule has 1 fully saturated rings. The number of guanidine groups is 1. The van der Waals surface area contributed by atoms with Gasteiger partial charge in [-0.2, -0.15) is 0 Å². The van der Waals surface area contributed by atoms with Crippen LogP contribution in [-0.2, 0) is 6.54 Å². The molecule has 1 aromatic heterocycles. The summed E-state index contributed by atoms with van der Waals surface area (Å²) in [5.41, 5.74) is 2.28. The molecule has 166 valence electrons. The van der Waals surface area contributed by atoms with Crippen LogP contribution in [0.2, 0.25) is 0 Å². The molecule has 1 N–H and O–H groups in total. The first-order chi connectivity index (χ1) is 14.2. The van der Waals surface area contributed by atoms with E-state index in [-0.39, 0.29) is 24.0 Å². The maximum Gasteiger partial charge on any atom is 0.194 e. The van der Waals surface area contributed by atoms with Gasteiger partial charge < -0.3 is 24.4 Å². The predicted octanol–water partition coefficient (Wildman–Crippen LogP) is 4.10. The molecule has 30 heavy (non-hydrogen) atoms. The van der Waals surface area contributed by atoms with Crippen molar-refractivity contribution >= 4 is 35.6 Å². The van der Waals surface area contributed by atoms with Gasteiger partial charge in [-0.3, -0.25) is 4.99 Å². The fourth-order valence-corrected chi connectivity index (χ4v) is 3.78. The predicted molar refractivity (Wildman–Crippen MR) is 132 cm³/mol. The van der Waals surface area contributed by atoms with Crippen LogP contribution in [0.4, 0.5) is 5.69 Å². The van der Waals surface area contributed by atoms with Crippen LogP contribution in [0, 0.1) is 0 Å². The molecule has 7 nitrogen and oxygen atoms in total. The molecular weight excluding hydrogens is 493 g/mol. The molecule has 3 rings (SSSR count). The number of nitrogens with zero attached hydrogens (tertiary/aromatic N) is 4. The van der Waals surface area contributed by atoms with Crippen molar-refractivity contribution in [2.75, 3.05) is 45.2 Å². The quantitative estimate of drug-likeness (QED) is 0.332. The van der Waals surface area contributed by atoms with Crippen molar-refractivity contribution in [3.63, 3.8) is 0 Å². The van der Waals surface area contributed by atoms with Gasteiger partial charge in [-0.25, -0.2) is 0 Å². The Balaban J connectivity index is 0.00000320. The second-order valence-electron chi connectivity index (χ2n) is 7.30. The third kappa shape index (κ3) is 6.02. The van der Waals surface area contributed by atoms with Crippen LogP contribution in [0.25, 0.3) is 0 Å². The summed E-state index contributed by atoms with van der Waals surface area (Å²) in [5, 5.41) is 7.67. The highest BCUT2D eigenvalue weighted by Gasteiger charge is 2.20. The maximum absolute atomic E-state index is 5.52. The summed E-state index contributed by atoms with van der Waals surface area (Å²) in [5.74, 6) is 3.11. The highest BCUT2D eigenvalue weighted by Crippen LogP contribution is 2.23. The van der Waals surface area contributed by atoms with Gasteiger partial charge in [-0.05, 0) is 37.1 Å². The van der Waals surface area contributed by atoms with Crippen LogP contribution in [0.1, 0.15) is 44.1 Å². The Kier molecular flexibility index (Phi) is 9.74. The third-order valence-corrected chi connectivity index (χ3v) is 5.63. The molecule has 0 aliphatic carbocycles. The van der Waals surface area contributed by atoms with E-state index in [2.05, 4.69) is 57.3 Å². The minimum atomic E-state index is 0. The molecule has 0 spiro atoms. The Morgan fingerprint density at radius 2 is 1.83 bits per heavy atom. The van der Waals surface area contributed by atoms with Crippen LogP contribution >= 0.6 is 24.0 Å². The average Bonchev–Trinajstić information content (AvgIpc) is 3.24. The smallest absolute Gasteiger partial charge is 0.194 e. The molecule has 8 heteroatoms. The first kappa shape index (κ1) is 24.3. The van der Waals surface area contributed by atoms with Crippen molar-refractivity contribution in [2.45, 2.75) is 39.2 Å². The Morgan fingerprint density at radius 1 is 1.17 bits per heavy atom. The lowest BCUT2D eigenvalue weighted by atomic mass is 9.99. The van der Waals surface area contributed by atoms with Crippen LogP contribution in [0.15, 0.2) is 39.8 Å². The zero-order valence-corrected chi connectivity index (χ0v) is 20.8. The minimum Gasteiger partial charge on any atom is -0.497 e. The fraction of sp³-hybridized carbons (Fsp3) is 0.545. The van der Waals surface area contributed by atoms with Gasteiger partial charge in [0.15, 0.2) is 11.7 Å². The van der Waals surface area contributed by atoms with E-state index in [1.807, 2.05) is 19.2 Å². The minimum absolute atomic E-state index is 0. The highest BCUT2D eigenvalue weighted by atomic mass is 127. The Morgan fingerprint density at radius 3 is 2.40 bits per heavy atom. The summed E-state index contributed by atoms with van der Waals surface area (Å²) in [7, 11) is 3.52. The van der Waals surface area contributed by atoms with Gasteiger partial charge >= 0.3 is 0 Å². The van der Waals surface area contributed by atoms with Crippen LogP contribution < -0.4 is 15.0 Å². The van der Waals surface area contributed by atoms with Crippen molar-refractivity contribution < 1.29 is 9.26 Å². The normalized spacial score (nSPS) is 14.6. The second kappa shape index (κ2) is 12.0. The Labute approximate surface area is 196 Å². The number of methoxy groups -OCH3 is 1. The molecule has 0 atom stereocenters. The second-order valence-corrected chi connectivity index (χ2v) is 7.30. The molecule has 0 bridgehead atoms. The summed E-state index contributed by atoms with van der Waals surface area (Å²) in [6, 6.07) is 10.3. The van der Waals surface area contributed by atoms with E-state index in [0.29, 0.717) is 12.5 Å². The van der Waals surface area contributed by atoms with Crippen molar-refractivity contribution in [1.29, 1.82) is 0 Å². The zero-order valence-electron chi connectivity index (χ0n) is 18.4. The van der Waals surface area contributed by atoms with E-state index in [9.17, 15) is 0 Å². The van der Waals surface area contributed by atoms with E-state index in [0.717, 1.165) is 62.2 Å². The molecule has 1 aromatic carbocycles. The van der Waals surface area contributed by atoms with Crippen LogP contribution in [0.3, 0.4) is 0 Å². The van der Waals surface area contributed by atoms with Gasteiger partial charge in [0, 0.05) is 50.9 Å². The van der Waals surface area contributed by atoms with E-state index >= 15 is 0 Å². The summed E-state index contributed by atoms with van der Waals surface area (Å²) < 4.78 is 10.8. The number of ether oxygens (including phenoxy) is 1. The number of nitrogens with one attached hydrogen (secondary N) is 1. The van der Waals surface area contributed by atoms with E-state index in [4.69, 9.17) is 9.26 Å². The summed E-state index contributed by atoms with van der Waals surface area (Å²) >= 11 is 0. The summed E-state index contributed by atoms with van der Waals surface area (Å²) in [4.78, 5) is 9.14. The standard InChI is InChI=1S/C22H33N5O2.HI/c1-5-17(6-2)21-15-20(29-25-21)16-24-22(23-3)27-13-11-26(12-14-27)18-7-9-19(28-4)10-8-18;/h7-10,15,17H,5-6,11-14,16H2,1-4H3,(H,23,24);1H. The van der Waals surface area contributed by atoms with Gasteiger partial charge in [0.1, 0.15) is 5.75 Å². The number of aliphatic imine (C=N–C) groups is 1. The van der Waals surface area contributed by atoms with Gasteiger partial charge in [-0.1, -0.05) is 19.0 Å². The fourth-order valence-electron chi connectivity index (χ4n) is 3.78. The zero-order chi connectivity index (χ0) is 20.6. The van der Waals surface area contributed by atoms with E-state index in [1.165, 1.54) is 5.69 Å². The first-order valence-electron chi connectivity index (χ1n) is 10.5. The molecule has 2 heterocycles. The number of halogens is 1.